The fourth-order valence-electron chi connectivity index (χ4n) is 2.73. The van der Waals surface area contributed by atoms with E-state index in [0.29, 0.717) is 34.8 Å². The first-order chi connectivity index (χ1) is 15.6. The lowest BCUT2D eigenvalue weighted by atomic mass is 10.2. The Hall–Kier alpha value is -3.29. The second kappa shape index (κ2) is 11.9. The van der Waals surface area contributed by atoms with Gasteiger partial charge in [-0.3, -0.25) is 5.43 Å². The molecule has 3 aromatic rings. The minimum atomic E-state index is 0.374. The summed E-state index contributed by atoms with van der Waals surface area (Å²) in [5, 5.41) is 8.31. The van der Waals surface area contributed by atoms with Gasteiger partial charge in [0.2, 0.25) is 0 Å². The molecule has 0 aliphatic heterocycles. The molecule has 0 saturated carbocycles. The lowest BCUT2D eigenvalue weighted by molar-refractivity contribution is 0.269. The number of rotatable bonds is 9. The summed E-state index contributed by atoms with van der Waals surface area (Å²) >= 11 is 11.2. The summed E-state index contributed by atoms with van der Waals surface area (Å²) in [6, 6.07) is 20.6. The van der Waals surface area contributed by atoms with E-state index >= 15 is 0 Å². The largest absolute Gasteiger partial charge is 0.497 e. The van der Waals surface area contributed by atoms with Crippen LogP contribution in [0.2, 0.25) is 5.02 Å². The lowest BCUT2D eigenvalue weighted by Gasteiger charge is -2.13. The molecule has 3 rings (SSSR count). The smallest absolute Gasteiger partial charge is 0.191 e. The monoisotopic (exact) mass is 469 g/mol. The van der Waals surface area contributed by atoms with E-state index in [0.717, 1.165) is 22.6 Å². The molecule has 0 spiro atoms. The molecule has 0 bridgehead atoms. The van der Waals surface area contributed by atoms with Crippen LogP contribution < -0.4 is 25.0 Å². The Labute approximate surface area is 198 Å². The number of ether oxygens (including phenoxy) is 3. The van der Waals surface area contributed by atoms with Gasteiger partial charge in [-0.05, 0) is 84.9 Å². The Morgan fingerprint density at radius 1 is 1.00 bits per heavy atom. The average Bonchev–Trinajstić information content (AvgIpc) is 2.80. The van der Waals surface area contributed by atoms with Crippen LogP contribution in [0.5, 0.6) is 17.2 Å². The van der Waals surface area contributed by atoms with Gasteiger partial charge < -0.3 is 19.5 Å². The molecule has 0 aliphatic rings. The zero-order chi connectivity index (χ0) is 22.8. The van der Waals surface area contributed by atoms with Crippen LogP contribution in [0.15, 0.2) is 71.8 Å². The fourth-order valence-corrected chi connectivity index (χ4v) is 3.03. The first-order valence-electron chi connectivity index (χ1n) is 9.95. The van der Waals surface area contributed by atoms with Gasteiger partial charge in [-0.2, -0.15) is 5.10 Å². The number of nitrogens with zero attached hydrogens (tertiary/aromatic N) is 1. The molecule has 3 aromatic carbocycles. The van der Waals surface area contributed by atoms with E-state index < -0.39 is 0 Å². The molecule has 0 heterocycles. The van der Waals surface area contributed by atoms with Gasteiger partial charge >= 0.3 is 0 Å². The molecule has 166 valence electrons. The Kier molecular flexibility index (Phi) is 8.71. The van der Waals surface area contributed by atoms with E-state index in [1.165, 1.54) is 0 Å². The number of benzene rings is 3. The highest BCUT2D eigenvalue weighted by molar-refractivity contribution is 7.80. The van der Waals surface area contributed by atoms with Crippen molar-refractivity contribution in [3.05, 3.63) is 82.9 Å². The minimum Gasteiger partial charge on any atom is -0.497 e. The van der Waals surface area contributed by atoms with Crippen molar-refractivity contribution in [1.29, 1.82) is 0 Å². The first kappa shape index (κ1) is 23.4. The molecule has 0 radical (unpaired) electrons. The maximum atomic E-state index is 5.93. The number of thiocarbonyl (C=S) groups is 1. The number of anilines is 1. The summed E-state index contributed by atoms with van der Waals surface area (Å²) in [6.07, 6.45) is 1.66. The van der Waals surface area contributed by atoms with Crippen molar-refractivity contribution >= 4 is 40.8 Å². The highest BCUT2D eigenvalue weighted by atomic mass is 35.5. The van der Waals surface area contributed by atoms with Crippen LogP contribution in [-0.2, 0) is 6.61 Å². The molecule has 6 nitrogen and oxygen atoms in total. The number of methoxy groups -OCH3 is 1. The Bertz CT molecular complexity index is 1060. The third-order valence-electron chi connectivity index (χ3n) is 4.30. The normalized spacial score (nSPS) is 10.6. The molecule has 0 saturated heterocycles. The number of halogens is 1. The van der Waals surface area contributed by atoms with Crippen LogP contribution in [0.4, 0.5) is 5.69 Å². The van der Waals surface area contributed by atoms with Gasteiger partial charge in [0, 0.05) is 10.7 Å². The van der Waals surface area contributed by atoms with Crippen molar-refractivity contribution in [3.63, 3.8) is 0 Å². The Morgan fingerprint density at radius 2 is 1.75 bits per heavy atom. The van der Waals surface area contributed by atoms with Crippen molar-refractivity contribution in [3.8, 4) is 17.2 Å². The molecule has 0 amide bonds. The SMILES string of the molecule is CCOc1cc(/C=N/NC(=S)Nc2ccc(OC)cc2)ccc1OCc1ccc(Cl)cc1. The summed E-state index contributed by atoms with van der Waals surface area (Å²) in [5.74, 6) is 2.08. The third kappa shape index (κ3) is 7.14. The molecular formula is C24H24ClN3O3S. The van der Waals surface area contributed by atoms with E-state index in [9.17, 15) is 0 Å². The van der Waals surface area contributed by atoms with Gasteiger partial charge in [-0.25, -0.2) is 0 Å². The second-order valence-electron chi connectivity index (χ2n) is 6.61. The maximum Gasteiger partial charge on any atom is 0.191 e. The zero-order valence-electron chi connectivity index (χ0n) is 17.8. The van der Waals surface area contributed by atoms with Crippen molar-refractivity contribution in [2.45, 2.75) is 13.5 Å². The van der Waals surface area contributed by atoms with E-state index in [4.69, 9.17) is 38.0 Å². The predicted molar refractivity (Wildman–Crippen MR) is 133 cm³/mol. The average molecular weight is 470 g/mol. The van der Waals surface area contributed by atoms with Crippen LogP contribution in [0.1, 0.15) is 18.1 Å². The van der Waals surface area contributed by atoms with Crippen molar-refractivity contribution in [1.82, 2.24) is 5.43 Å². The standard InChI is InChI=1S/C24H24ClN3O3S/c1-3-30-23-14-18(6-13-22(23)31-16-17-4-7-19(25)8-5-17)15-26-28-24(32)27-20-9-11-21(29-2)12-10-20/h4-15H,3,16H2,1-2H3,(H2,27,28,32)/b26-15+. The highest BCUT2D eigenvalue weighted by Gasteiger charge is 2.07. The van der Waals surface area contributed by atoms with Gasteiger partial charge in [-0.15, -0.1) is 0 Å². The van der Waals surface area contributed by atoms with Gasteiger partial charge in [-0.1, -0.05) is 23.7 Å². The molecular weight excluding hydrogens is 446 g/mol. The summed E-state index contributed by atoms with van der Waals surface area (Å²) in [6.45, 7) is 2.86. The molecule has 32 heavy (non-hydrogen) atoms. The molecule has 0 aliphatic carbocycles. The Balaban J connectivity index is 1.57. The zero-order valence-corrected chi connectivity index (χ0v) is 19.4. The van der Waals surface area contributed by atoms with E-state index in [1.807, 2.05) is 73.7 Å². The fraction of sp³-hybridized carbons (Fsp3) is 0.167. The van der Waals surface area contributed by atoms with E-state index in [1.54, 1.807) is 13.3 Å². The molecule has 2 N–H and O–H groups in total. The number of nitrogens with one attached hydrogen (secondary N) is 2. The third-order valence-corrected chi connectivity index (χ3v) is 4.75. The Morgan fingerprint density at radius 3 is 2.44 bits per heavy atom. The molecule has 0 aromatic heterocycles. The molecule has 0 atom stereocenters. The van der Waals surface area contributed by atoms with Gasteiger partial charge in [0.05, 0.1) is 19.9 Å². The molecule has 8 heteroatoms. The summed E-state index contributed by atoms with van der Waals surface area (Å²) in [5.41, 5.74) is 5.49. The summed E-state index contributed by atoms with van der Waals surface area (Å²) < 4.78 is 16.8. The van der Waals surface area contributed by atoms with Crippen LogP contribution in [0.3, 0.4) is 0 Å². The van der Waals surface area contributed by atoms with Crippen molar-refractivity contribution in [2.24, 2.45) is 5.10 Å². The summed E-state index contributed by atoms with van der Waals surface area (Å²) in [4.78, 5) is 0. The van der Waals surface area contributed by atoms with Crippen molar-refractivity contribution in [2.75, 3.05) is 19.0 Å². The highest BCUT2D eigenvalue weighted by Crippen LogP contribution is 2.29. The number of hydrazone groups is 1. The number of hydrogen-bond acceptors (Lipinski definition) is 5. The topological polar surface area (TPSA) is 64.1 Å². The van der Waals surface area contributed by atoms with Crippen LogP contribution in [-0.4, -0.2) is 25.0 Å². The minimum absolute atomic E-state index is 0.374. The van der Waals surface area contributed by atoms with Gasteiger partial charge in [0.1, 0.15) is 12.4 Å². The van der Waals surface area contributed by atoms with Gasteiger partial charge in [0.15, 0.2) is 16.6 Å². The first-order valence-corrected chi connectivity index (χ1v) is 10.7. The van der Waals surface area contributed by atoms with E-state index in [2.05, 4.69) is 15.8 Å². The van der Waals surface area contributed by atoms with Crippen LogP contribution >= 0.6 is 23.8 Å². The maximum absolute atomic E-state index is 5.93. The van der Waals surface area contributed by atoms with Crippen molar-refractivity contribution < 1.29 is 14.2 Å². The second-order valence-corrected chi connectivity index (χ2v) is 7.45. The number of hydrogen-bond donors (Lipinski definition) is 2. The quantitative estimate of drug-likeness (QED) is 0.240. The van der Waals surface area contributed by atoms with Crippen LogP contribution in [0, 0.1) is 0 Å². The lowest BCUT2D eigenvalue weighted by Crippen LogP contribution is -2.23. The van der Waals surface area contributed by atoms with Crippen LogP contribution in [0.25, 0.3) is 0 Å². The predicted octanol–water partition coefficient (Wildman–Crippen LogP) is 5.65. The van der Waals surface area contributed by atoms with Gasteiger partial charge in [0.25, 0.3) is 0 Å². The summed E-state index contributed by atoms with van der Waals surface area (Å²) in [7, 11) is 1.62. The van der Waals surface area contributed by atoms with E-state index in [-0.39, 0.29) is 0 Å². The molecule has 0 unspecified atom stereocenters. The molecule has 0 fully saturated rings.